The molecule has 0 aromatic heterocycles. The average Bonchev–Trinajstić information content (AvgIpc) is 3.19. The van der Waals surface area contributed by atoms with Crippen LogP contribution in [0.1, 0.15) is 245 Å². The fourth-order valence-corrected chi connectivity index (χ4v) is 7.04. The molecule has 0 aliphatic rings. The van der Waals surface area contributed by atoms with Gasteiger partial charge in [0.1, 0.15) is 6.10 Å². The van der Waals surface area contributed by atoms with Gasteiger partial charge in [-0.15, -0.1) is 0 Å². The van der Waals surface area contributed by atoms with Gasteiger partial charge in [-0.3, -0.25) is 4.79 Å². The lowest BCUT2D eigenvalue weighted by Crippen LogP contribution is -2.27. The highest BCUT2D eigenvalue weighted by Gasteiger charge is 2.13. The molecule has 4 nitrogen and oxygen atoms in total. The summed E-state index contributed by atoms with van der Waals surface area (Å²) in [5.74, 6) is -0.209. The Balaban J connectivity index is 3.38. The normalized spacial score (nSPS) is 12.7. The van der Waals surface area contributed by atoms with Crippen LogP contribution < -0.4 is 0 Å². The van der Waals surface area contributed by atoms with Crippen LogP contribution in [-0.4, -0.2) is 37.0 Å². The molecule has 0 aliphatic heterocycles. The van der Waals surface area contributed by atoms with Crippen LogP contribution in [0.15, 0.2) is 48.6 Å². The second kappa shape index (κ2) is 48.5. The Labute approximate surface area is 343 Å². The number of esters is 1. The summed E-state index contributed by atoms with van der Waals surface area (Å²) in [4.78, 5) is 12.2. The van der Waals surface area contributed by atoms with Crippen molar-refractivity contribution in [1.82, 2.24) is 0 Å². The van der Waals surface area contributed by atoms with Crippen LogP contribution in [0.25, 0.3) is 0 Å². The highest BCUT2D eigenvalue weighted by molar-refractivity contribution is 5.69. The van der Waals surface area contributed by atoms with Crippen molar-refractivity contribution in [3.05, 3.63) is 48.6 Å². The van der Waals surface area contributed by atoms with Crippen molar-refractivity contribution in [2.75, 3.05) is 19.8 Å². The minimum Gasteiger partial charge on any atom is -0.457 e. The van der Waals surface area contributed by atoms with E-state index in [1.165, 1.54) is 186 Å². The number of allylic oxidation sites excluding steroid dienone is 8. The van der Waals surface area contributed by atoms with E-state index in [1.54, 1.807) is 0 Å². The molecule has 0 aromatic carbocycles. The summed E-state index contributed by atoms with van der Waals surface area (Å²) in [6, 6.07) is 0. The summed E-state index contributed by atoms with van der Waals surface area (Å²) in [6.45, 7) is 5.25. The van der Waals surface area contributed by atoms with Gasteiger partial charge in [0.05, 0.1) is 13.2 Å². The lowest BCUT2D eigenvalue weighted by atomic mass is 10.0. The predicted octanol–water partition coefficient (Wildman–Crippen LogP) is 16.2. The molecule has 1 atom stereocenters. The van der Waals surface area contributed by atoms with Crippen molar-refractivity contribution in [2.45, 2.75) is 251 Å². The summed E-state index contributed by atoms with van der Waals surface area (Å²) in [5.41, 5.74) is 0. The number of hydrogen-bond donors (Lipinski definition) is 1. The summed E-state index contributed by atoms with van der Waals surface area (Å²) < 4.78 is 11.2. The Hall–Kier alpha value is -1.65. The maximum Gasteiger partial charge on any atom is 0.306 e. The SMILES string of the molecule is CC/C=C\C/C=C\C/C=C\CCCCCCCCCC(=O)OC(CO)COCCCCCCCCCCCCCCCC/C=C\CCCCCCCCCC. The number of rotatable bonds is 45. The Morgan fingerprint density at radius 3 is 1.25 bits per heavy atom. The molecule has 1 N–H and O–H groups in total. The second-order valence-corrected chi connectivity index (χ2v) is 16.2. The third-order valence-electron chi connectivity index (χ3n) is 10.6. The lowest BCUT2D eigenvalue weighted by Gasteiger charge is -2.16. The van der Waals surface area contributed by atoms with Crippen LogP contribution in [-0.2, 0) is 14.3 Å². The first-order chi connectivity index (χ1) is 27.2. The minimum absolute atomic E-state index is 0.175. The van der Waals surface area contributed by atoms with Gasteiger partial charge in [-0.2, -0.15) is 0 Å². The highest BCUT2D eigenvalue weighted by atomic mass is 16.6. The average molecular weight is 771 g/mol. The second-order valence-electron chi connectivity index (χ2n) is 16.2. The summed E-state index contributed by atoms with van der Waals surface area (Å²) in [6.07, 6.45) is 63.4. The first kappa shape index (κ1) is 53.4. The van der Waals surface area contributed by atoms with Crippen LogP contribution in [0.2, 0.25) is 0 Å². The lowest BCUT2D eigenvalue weighted by molar-refractivity contribution is -0.154. The van der Waals surface area contributed by atoms with E-state index < -0.39 is 6.10 Å². The fourth-order valence-electron chi connectivity index (χ4n) is 7.04. The van der Waals surface area contributed by atoms with Crippen molar-refractivity contribution < 1.29 is 19.4 Å². The smallest absolute Gasteiger partial charge is 0.306 e. The van der Waals surface area contributed by atoms with Gasteiger partial charge in [0, 0.05) is 13.0 Å². The van der Waals surface area contributed by atoms with Crippen molar-refractivity contribution in [3.63, 3.8) is 0 Å². The van der Waals surface area contributed by atoms with Gasteiger partial charge in [-0.05, 0) is 70.6 Å². The molecular formula is C51H94O4. The molecule has 322 valence electrons. The molecular weight excluding hydrogens is 677 g/mol. The molecule has 1 unspecified atom stereocenters. The number of carbonyl (C=O) groups excluding carboxylic acids is 1. The van der Waals surface area contributed by atoms with E-state index in [0.29, 0.717) is 19.6 Å². The molecule has 0 amide bonds. The van der Waals surface area contributed by atoms with Crippen LogP contribution in [0.4, 0.5) is 0 Å². The van der Waals surface area contributed by atoms with E-state index in [4.69, 9.17) is 9.47 Å². The third kappa shape index (κ3) is 46.6. The van der Waals surface area contributed by atoms with E-state index in [1.807, 2.05) is 0 Å². The Bertz CT molecular complexity index is 859. The quantitative estimate of drug-likeness (QED) is 0.0381. The Kier molecular flexibility index (Phi) is 47.0. The van der Waals surface area contributed by atoms with E-state index in [0.717, 1.165) is 38.5 Å². The number of hydrogen-bond acceptors (Lipinski definition) is 4. The number of carbonyl (C=O) groups is 1. The first-order valence-corrected chi connectivity index (χ1v) is 24.2. The topological polar surface area (TPSA) is 55.8 Å². The number of ether oxygens (including phenoxy) is 2. The summed E-state index contributed by atoms with van der Waals surface area (Å²) >= 11 is 0. The van der Waals surface area contributed by atoms with Gasteiger partial charge in [0.15, 0.2) is 0 Å². The van der Waals surface area contributed by atoms with Gasteiger partial charge in [-0.1, -0.05) is 217 Å². The number of aliphatic hydroxyl groups is 1. The van der Waals surface area contributed by atoms with Gasteiger partial charge >= 0.3 is 5.97 Å². The molecule has 0 radical (unpaired) electrons. The molecule has 55 heavy (non-hydrogen) atoms. The molecule has 0 aliphatic carbocycles. The van der Waals surface area contributed by atoms with E-state index in [2.05, 4.69) is 62.5 Å². The summed E-state index contributed by atoms with van der Waals surface area (Å²) in [5, 5.41) is 9.63. The monoisotopic (exact) mass is 771 g/mol. The molecule has 0 saturated heterocycles. The standard InChI is InChI=1S/C51H94O4/c1-3-5-7-9-11-13-15-17-19-21-22-23-24-25-26-27-28-29-31-33-35-37-39-41-43-45-47-54-49-50(48-52)55-51(53)46-44-42-40-38-36-34-32-30-20-18-16-14-12-10-8-6-4-2/h6,8,12,14,18,20-22,50,52H,3-5,7,9-11,13,15-17,19,23-49H2,1-2H3/b8-6-,14-12-,20-18-,22-21-. The zero-order valence-electron chi connectivity index (χ0n) is 36.9. The van der Waals surface area contributed by atoms with Crippen LogP contribution in [0, 0.1) is 0 Å². The molecule has 0 aromatic rings. The van der Waals surface area contributed by atoms with Crippen LogP contribution in [0.5, 0.6) is 0 Å². The molecule has 0 spiro atoms. The molecule has 0 saturated carbocycles. The number of aliphatic hydroxyl groups excluding tert-OH is 1. The zero-order chi connectivity index (χ0) is 39.8. The molecule has 4 heteroatoms. The van der Waals surface area contributed by atoms with E-state index >= 15 is 0 Å². The van der Waals surface area contributed by atoms with Crippen molar-refractivity contribution in [2.24, 2.45) is 0 Å². The van der Waals surface area contributed by atoms with Gasteiger partial charge < -0.3 is 14.6 Å². The molecule has 0 bridgehead atoms. The largest absolute Gasteiger partial charge is 0.457 e. The number of unbranched alkanes of at least 4 members (excludes halogenated alkanes) is 29. The van der Waals surface area contributed by atoms with Crippen molar-refractivity contribution in [1.29, 1.82) is 0 Å². The summed E-state index contributed by atoms with van der Waals surface area (Å²) in [7, 11) is 0. The van der Waals surface area contributed by atoms with E-state index in [-0.39, 0.29) is 12.6 Å². The highest BCUT2D eigenvalue weighted by Crippen LogP contribution is 2.15. The zero-order valence-corrected chi connectivity index (χ0v) is 36.9. The Morgan fingerprint density at radius 1 is 0.455 bits per heavy atom. The van der Waals surface area contributed by atoms with E-state index in [9.17, 15) is 9.90 Å². The van der Waals surface area contributed by atoms with Crippen LogP contribution in [0.3, 0.4) is 0 Å². The molecule has 0 rings (SSSR count). The molecule has 0 heterocycles. The fraction of sp³-hybridized carbons (Fsp3) is 0.824. The van der Waals surface area contributed by atoms with Crippen molar-refractivity contribution in [3.8, 4) is 0 Å². The van der Waals surface area contributed by atoms with Crippen LogP contribution >= 0.6 is 0 Å². The Morgan fingerprint density at radius 2 is 0.818 bits per heavy atom. The first-order valence-electron chi connectivity index (χ1n) is 24.2. The van der Waals surface area contributed by atoms with Gasteiger partial charge in [0.25, 0.3) is 0 Å². The molecule has 0 fully saturated rings. The maximum atomic E-state index is 12.2. The minimum atomic E-state index is -0.540. The van der Waals surface area contributed by atoms with Crippen molar-refractivity contribution >= 4 is 5.97 Å². The van der Waals surface area contributed by atoms with Gasteiger partial charge in [-0.25, -0.2) is 0 Å². The predicted molar refractivity (Wildman–Crippen MR) is 242 cm³/mol. The maximum absolute atomic E-state index is 12.2. The van der Waals surface area contributed by atoms with Gasteiger partial charge in [0.2, 0.25) is 0 Å². The third-order valence-corrected chi connectivity index (χ3v) is 10.6.